The van der Waals surface area contributed by atoms with Gasteiger partial charge in [0.2, 0.25) is 21.9 Å². The van der Waals surface area contributed by atoms with Gasteiger partial charge in [0.05, 0.1) is 4.90 Å². The summed E-state index contributed by atoms with van der Waals surface area (Å²) in [6.07, 6.45) is 5.20. The van der Waals surface area contributed by atoms with Crippen molar-refractivity contribution in [2.24, 2.45) is 5.92 Å². The molecular formula is C19H25N5O3S. The van der Waals surface area contributed by atoms with E-state index in [1.165, 1.54) is 13.0 Å². The lowest BCUT2D eigenvalue weighted by Crippen LogP contribution is -2.39. The summed E-state index contributed by atoms with van der Waals surface area (Å²) in [6, 6.07) is 6.57. The zero-order valence-electron chi connectivity index (χ0n) is 16.1. The average Bonchev–Trinajstić information content (AvgIpc) is 2.67. The van der Waals surface area contributed by atoms with Gasteiger partial charge in [0.25, 0.3) is 0 Å². The van der Waals surface area contributed by atoms with Gasteiger partial charge in [0, 0.05) is 44.6 Å². The van der Waals surface area contributed by atoms with Crippen LogP contribution in [-0.2, 0) is 14.8 Å². The Morgan fingerprint density at radius 1 is 1.21 bits per heavy atom. The third kappa shape index (κ3) is 5.05. The van der Waals surface area contributed by atoms with E-state index in [-0.39, 0.29) is 16.7 Å². The Morgan fingerprint density at radius 2 is 1.89 bits per heavy atom. The quantitative estimate of drug-likeness (QED) is 0.764. The number of amides is 1. The molecule has 8 nitrogen and oxygen atoms in total. The Balaban J connectivity index is 1.56. The molecule has 0 unspecified atom stereocenters. The number of hydrogen-bond acceptors (Lipinski definition) is 6. The lowest BCUT2D eigenvalue weighted by Gasteiger charge is -2.31. The molecule has 1 fully saturated rings. The molecule has 2 aromatic rings. The highest BCUT2D eigenvalue weighted by molar-refractivity contribution is 7.89. The second-order valence-corrected chi connectivity index (χ2v) is 8.73. The Kier molecular flexibility index (Phi) is 6.25. The summed E-state index contributed by atoms with van der Waals surface area (Å²) in [5, 5.41) is 2.66. The number of nitrogens with zero attached hydrogens (tertiary/aromatic N) is 3. The number of carbonyl (C=O) groups excluding carboxylic acids is 1. The molecule has 1 aromatic heterocycles. The van der Waals surface area contributed by atoms with Crippen molar-refractivity contribution in [3.63, 3.8) is 0 Å². The summed E-state index contributed by atoms with van der Waals surface area (Å²) in [4.78, 5) is 22.0. The first kappa shape index (κ1) is 20.2. The number of benzene rings is 1. The predicted molar refractivity (Wildman–Crippen MR) is 108 cm³/mol. The smallest absolute Gasteiger partial charge is 0.240 e. The highest BCUT2D eigenvalue weighted by atomic mass is 32.2. The van der Waals surface area contributed by atoms with Gasteiger partial charge in [-0.2, -0.15) is 0 Å². The molecule has 2 N–H and O–H groups in total. The number of carbonyl (C=O) groups is 1. The molecule has 0 bridgehead atoms. The van der Waals surface area contributed by atoms with Gasteiger partial charge in [-0.25, -0.2) is 23.1 Å². The van der Waals surface area contributed by atoms with Gasteiger partial charge >= 0.3 is 0 Å². The van der Waals surface area contributed by atoms with Gasteiger partial charge in [-0.05, 0) is 55.5 Å². The Bertz CT molecular complexity index is 926. The molecule has 0 saturated carbocycles. The number of hydrogen-bond donors (Lipinski definition) is 2. The van der Waals surface area contributed by atoms with E-state index in [1.54, 1.807) is 37.5 Å². The van der Waals surface area contributed by atoms with E-state index in [9.17, 15) is 13.2 Å². The molecule has 1 saturated heterocycles. The van der Waals surface area contributed by atoms with Crippen molar-refractivity contribution in [2.45, 2.75) is 31.6 Å². The SMILES string of the molecule is CC(=O)Nc1ccc(S(=O)(=O)NCC2CCN(c3ncccn3)CC2)c(C)c1. The van der Waals surface area contributed by atoms with Crippen molar-refractivity contribution in [3.05, 3.63) is 42.2 Å². The maximum atomic E-state index is 12.7. The summed E-state index contributed by atoms with van der Waals surface area (Å²) in [7, 11) is -3.60. The van der Waals surface area contributed by atoms with Crippen LogP contribution in [0.25, 0.3) is 0 Å². The minimum atomic E-state index is -3.60. The fraction of sp³-hybridized carbons (Fsp3) is 0.421. The van der Waals surface area contributed by atoms with Crippen molar-refractivity contribution >= 4 is 27.6 Å². The van der Waals surface area contributed by atoms with Gasteiger partial charge in [0.1, 0.15) is 0 Å². The molecular weight excluding hydrogens is 378 g/mol. The summed E-state index contributed by atoms with van der Waals surface area (Å²) < 4.78 is 28.1. The van der Waals surface area contributed by atoms with Crippen LogP contribution in [0.15, 0.2) is 41.6 Å². The van der Waals surface area contributed by atoms with E-state index in [0.29, 0.717) is 17.8 Å². The molecule has 1 aromatic carbocycles. The summed E-state index contributed by atoms with van der Waals surface area (Å²) in [5.74, 6) is 0.797. The Morgan fingerprint density at radius 3 is 2.50 bits per heavy atom. The third-order valence-electron chi connectivity index (χ3n) is 4.80. The summed E-state index contributed by atoms with van der Waals surface area (Å²) in [6.45, 7) is 5.15. The number of nitrogens with one attached hydrogen (secondary N) is 2. The number of piperidine rings is 1. The fourth-order valence-electron chi connectivity index (χ4n) is 3.33. The molecule has 3 rings (SSSR count). The molecule has 0 atom stereocenters. The van der Waals surface area contributed by atoms with Crippen molar-refractivity contribution in [3.8, 4) is 0 Å². The van der Waals surface area contributed by atoms with Gasteiger partial charge in [-0.1, -0.05) is 0 Å². The maximum absolute atomic E-state index is 12.7. The van der Waals surface area contributed by atoms with Crippen LogP contribution in [0.4, 0.5) is 11.6 Å². The monoisotopic (exact) mass is 403 g/mol. The molecule has 2 heterocycles. The number of sulfonamides is 1. The van der Waals surface area contributed by atoms with Gasteiger partial charge in [-0.15, -0.1) is 0 Å². The Labute approximate surface area is 165 Å². The summed E-state index contributed by atoms with van der Waals surface area (Å²) >= 11 is 0. The van der Waals surface area contributed by atoms with Gasteiger partial charge in [0.15, 0.2) is 0 Å². The minimum absolute atomic E-state index is 0.194. The second-order valence-electron chi connectivity index (χ2n) is 6.99. The van der Waals surface area contributed by atoms with E-state index in [4.69, 9.17) is 0 Å². The van der Waals surface area contributed by atoms with Crippen molar-refractivity contribution < 1.29 is 13.2 Å². The zero-order valence-corrected chi connectivity index (χ0v) is 16.9. The van der Waals surface area contributed by atoms with Crippen LogP contribution >= 0.6 is 0 Å². The van der Waals surface area contributed by atoms with Crippen LogP contribution < -0.4 is 14.9 Å². The van der Waals surface area contributed by atoms with E-state index < -0.39 is 10.0 Å². The molecule has 0 spiro atoms. The molecule has 9 heteroatoms. The molecule has 28 heavy (non-hydrogen) atoms. The van der Waals surface area contributed by atoms with E-state index in [0.717, 1.165) is 31.9 Å². The van der Waals surface area contributed by atoms with Crippen molar-refractivity contribution in [2.75, 3.05) is 29.9 Å². The van der Waals surface area contributed by atoms with Crippen LogP contribution in [0, 0.1) is 12.8 Å². The summed E-state index contributed by atoms with van der Waals surface area (Å²) in [5.41, 5.74) is 1.18. The van der Waals surface area contributed by atoms with Crippen LogP contribution in [-0.4, -0.2) is 43.9 Å². The lowest BCUT2D eigenvalue weighted by molar-refractivity contribution is -0.114. The molecule has 150 valence electrons. The molecule has 1 aliphatic heterocycles. The highest BCUT2D eigenvalue weighted by Gasteiger charge is 2.24. The van der Waals surface area contributed by atoms with Crippen molar-refractivity contribution in [1.29, 1.82) is 0 Å². The van der Waals surface area contributed by atoms with Gasteiger partial charge in [-0.3, -0.25) is 4.79 Å². The standard InChI is InChI=1S/C19H25N5O3S/c1-14-12-17(23-15(2)25)4-5-18(14)28(26,27)22-13-16-6-10-24(11-7-16)19-20-8-3-9-21-19/h3-5,8-9,12,16,22H,6-7,10-11,13H2,1-2H3,(H,23,25). The first-order valence-corrected chi connectivity index (χ1v) is 10.7. The molecule has 0 aliphatic carbocycles. The van der Waals surface area contributed by atoms with E-state index in [1.807, 2.05) is 0 Å². The molecule has 1 aliphatic rings. The minimum Gasteiger partial charge on any atom is -0.341 e. The number of rotatable bonds is 6. The normalized spacial score (nSPS) is 15.4. The highest BCUT2D eigenvalue weighted by Crippen LogP contribution is 2.22. The maximum Gasteiger partial charge on any atom is 0.240 e. The van der Waals surface area contributed by atoms with Crippen LogP contribution in [0.3, 0.4) is 0 Å². The largest absolute Gasteiger partial charge is 0.341 e. The van der Waals surface area contributed by atoms with E-state index in [2.05, 4.69) is 24.9 Å². The van der Waals surface area contributed by atoms with E-state index >= 15 is 0 Å². The topological polar surface area (TPSA) is 104 Å². The predicted octanol–water partition coefficient (Wildman–Crippen LogP) is 1.94. The van der Waals surface area contributed by atoms with Crippen LogP contribution in [0.1, 0.15) is 25.3 Å². The van der Waals surface area contributed by atoms with Crippen LogP contribution in [0.2, 0.25) is 0 Å². The first-order chi connectivity index (χ1) is 13.3. The van der Waals surface area contributed by atoms with Gasteiger partial charge < -0.3 is 10.2 Å². The molecule has 1 amide bonds. The number of aryl methyl sites for hydroxylation is 1. The average molecular weight is 404 g/mol. The number of anilines is 2. The molecule has 0 radical (unpaired) electrons. The fourth-order valence-corrected chi connectivity index (χ4v) is 4.67. The first-order valence-electron chi connectivity index (χ1n) is 9.25. The second kappa shape index (κ2) is 8.66. The number of aromatic nitrogens is 2. The Hall–Kier alpha value is -2.52. The van der Waals surface area contributed by atoms with Crippen LogP contribution in [0.5, 0.6) is 0 Å². The third-order valence-corrected chi connectivity index (χ3v) is 6.38. The lowest BCUT2D eigenvalue weighted by atomic mass is 9.97. The zero-order chi connectivity index (χ0) is 20.1. The van der Waals surface area contributed by atoms with Crippen molar-refractivity contribution in [1.82, 2.24) is 14.7 Å².